The molecule has 0 aromatic rings. The van der Waals surface area contributed by atoms with E-state index in [2.05, 4.69) is 39.4 Å². The molecule has 0 aliphatic heterocycles. The van der Waals surface area contributed by atoms with Crippen LogP contribution in [-0.4, -0.2) is 8.07 Å². The van der Waals surface area contributed by atoms with Gasteiger partial charge in [0.05, 0.1) is 0 Å². The van der Waals surface area contributed by atoms with Gasteiger partial charge < -0.3 is 0 Å². The van der Waals surface area contributed by atoms with Crippen molar-refractivity contribution in [3.8, 4) is 0 Å². The Labute approximate surface area is 70.6 Å². The average molecular weight is 164 g/mol. The second-order valence-corrected chi connectivity index (χ2v) is 7.62. The average Bonchev–Trinajstić information content (AvgIpc) is 2.01. The second kappa shape index (κ2) is 3.53. The van der Waals surface area contributed by atoms with Gasteiger partial charge in [0.2, 0.25) is 0 Å². The van der Waals surface area contributed by atoms with Gasteiger partial charge >= 0.3 is 0 Å². The van der Waals surface area contributed by atoms with Crippen LogP contribution >= 0.6 is 0 Å². The predicted molar refractivity (Wildman–Crippen MR) is 56.2 cm³/mol. The van der Waals surface area contributed by atoms with Gasteiger partial charge in [-0.1, -0.05) is 62.0 Å². The van der Waals surface area contributed by atoms with Crippen LogP contribution < -0.4 is 0 Å². The van der Waals surface area contributed by atoms with Gasteiger partial charge in [-0.25, -0.2) is 0 Å². The van der Waals surface area contributed by atoms with E-state index in [0.717, 1.165) is 10.4 Å². The van der Waals surface area contributed by atoms with Crippen LogP contribution in [0.2, 0.25) is 13.1 Å². The van der Waals surface area contributed by atoms with E-state index in [4.69, 9.17) is 0 Å². The highest BCUT2D eigenvalue weighted by Crippen LogP contribution is 2.21. The Morgan fingerprint density at radius 1 is 1.00 bits per heavy atom. The molecule has 0 unspecified atom stereocenters. The molecule has 0 amide bonds. The Balaban J connectivity index is 4.70. The highest BCUT2D eigenvalue weighted by molar-refractivity contribution is 6.91. The topological polar surface area (TPSA) is 0 Å². The molecule has 0 aromatic carbocycles. The third-order valence-corrected chi connectivity index (χ3v) is 5.72. The second-order valence-electron chi connectivity index (χ2n) is 3.08. The Kier molecular flexibility index (Phi) is 3.27. The van der Waals surface area contributed by atoms with Gasteiger partial charge in [-0.3, -0.25) is 0 Å². The molecule has 60 valence electrons. The maximum atomic E-state index is 3.95. The first-order chi connectivity index (χ1) is 4.96. The fourth-order valence-electron chi connectivity index (χ4n) is 0.717. The zero-order valence-electron chi connectivity index (χ0n) is 7.48. The maximum absolute atomic E-state index is 3.95. The standard InChI is InChI=1S/C10H16Si/c1-7-9(3)11(5,6)10(4)8-2/h7-8H,1-4H2,5-6H3. The van der Waals surface area contributed by atoms with Gasteiger partial charge in [0.1, 0.15) is 8.07 Å². The van der Waals surface area contributed by atoms with Crippen LogP contribution in [-0.2, 0) is 0 Å². The number of rotatable bonds is 4. The largest absolute Gasteiger partial charge is 0.110 e. The minimum absolute atomic E-state index is 1.11. The highest BCUT2D eigenvalue weighted by atomic mass is 28.3. The lowest BCUT2D eigenvalue weighted by atomic mass is 10.6. The zero-order valence-corrected chi connectivity index (χ0v) is 8.48. The summed E-state index contributed by atoms with van der Waals surface area (Å²) in [7, 11) is -1.54. The van der Waals surface area contributed by atoms with Crippen LogP contribution in [0.4, 0.5) is 0 Å². The molecular weight excluding hydrogens is 148 g/mol. The summed E-state index contributed by atoms with van der Waals surface area (Å²) in [6.45, 7) is 19.7. The highest BCUT2D eigenvalue weighted by Gasteiger charge is 2.24. The summed E-state index contributed by atoms with van der Waals surface area (Å²) in [5.74, 6) is 0. The van der Waals surface area contributed by atoms with E-state index in [-0.39, 0.29) is 0 Å². The molecule has 0 saturated carbocycles. The van der Waals surface area contributed by atoms with Gasteiger partial charge in [0.25, 0.3) is 0 Å². The van der Waals surface area contributed by atoms with Crippen LogP contribution in [0.25, 0.3) is 0 Å². The van der Waals surface area contributed by atoms with Gasteiger partial charge in [-0.15, -0.1) is 0 Å². The Morgan fingerprint density at radius 2 is 1.27 bits per heavy atom. The van der Waals surface area contributed by atoms with Crippen molar-refractivity contribution in [2.24, 2.45) is 0 Å². The van der Waals surface area contributed by atoms with E-state index in [1.807, 2.05) is 12.2 Å². The van der Waals surface area contributed by atoms with Gasteiger partial charge in [-0.2, -0.15) is 0 Å². The van der Waals surface area contributed by atoms with E-state index in [1.54, 1.807) is 0 Å². The van der Waals surface area contributed by atoms with Gasteiger partial charge in [0.15, 0.2) is 0 Å². The van der Waals surface area contributed by atoms with Crippen LogP contribution in [0.5, 0.6) is 0 Å². The fraction of sp³-hybridized carbons (Fsp3) is 0.200. The van der Waals surface area contributed by atoms with Crippen molar-refractivity contribution in [3.63, 3.8) is 0 Å². The lowest BCUT2D eigenvalue weighted by Crippen LogP contribution is -2.29. The molecule has 1 heteroatoms. The van der Waals surface area contributed by atoms with Crippen molar-refractivity contribution in [1.29, 1.82) is 0 Å². The summed E-state index contributed by atoms with van der Waals surface area (Å²) < 4.78 is 0. The van der Waals surface area contributed by atoms with E-state index in [1.165, 1.54) is 0 Å². The molecule has 0 aliphatic rings. The smallest absolute Gasteiger partial charge is 0.0994 e. The van der Waals surface area contributed by atoms with Crippen molar-refractivity contribution in [2.75, 3.05) is 0 Å². The molecule has 0 bridgehead atoms. The molecule has 0 aromatic heterocycles. The third-order valence-electron chi connectivity index (χ3n) is 2.10. The molecular formula is C10H16Si. The first kappa shape index (κ1) is 10.2. The monoisotopic (exact) mass is 164 g/mol. The van der Waals surface area contributed by atoms with E-state index < -0.39 is 8.07 Å². The Morgan fingerprint density at radius 3 is 1.45 bits per heavy atom. The van der Waals surface area contributed by atoms with Crippen molar-refractivity contribution in [3.05, 3.63) is 48.9 Å². The first-order valence-electron chi connectivity index (χ1n) is 3.60. The summed E-state index contributed by atoms with van der Waals surface area (Å²) in [5, 5.41) is 2.23. The summed E-state index contributed by atoms with van der Waals surface area (Å²) in [5.41, 5.74) is 0. The minimum atomic E-state index is -1.54. The number of hydrogen-bond acceptors (Lipinski definition) is 0. The molecule has 0 N–H and O–H groups in total. The van der Waals surface area contributed by atoms with Crippen LogP contribution in [0, 0.1) is 0 Å². The van der Waals surface area contributed by atoms with Gasteiger partial charge in [-0.05, 0) is 0 Å². The first-order valence-corrected chi connectivity index (χ1v) is 6.60. The van der Waals surface area contributed by atoms with Crippen LogP contribution in [0.3, 0.4) is 0 Å². The molecule has 11 heavy (non-hydrogen) atoms. The summed E-state index contributed by atoms with van der Waals surface area (Å²) in [6.07, 6.45) is 3.64. The molecule has 0 fully saturated rings. The molecule has 0 saturated heterocycles. The molecule has 0 nitrogen and oxygen atoms in total. The Hall–Kier alpha value is -0.823. The van der Waals surface area contributed by atoms with Crippen LogP contribution in [0.1, 0.15) is 0 Å². The predicted octanol–water partition coefficient (Wildman–Crippen LogP) is 3.26. The van der Waals surface area contributed by atoms with Crippen molar-refractivity contribution in [1.82, 2.24) is 0 Å². The van der Waals surface area contributed by atoms with E-state index >= 15 is 0 Å². The van der Waals surface area contributed by atoms with E-state index in [0.29, 0.717) is 0 Å². The Bertz CT molecular complexity index is 187. The molecule has 0 aliphatic carbocycles. The molecule has 0 heterocycles. The molecule has 0 rings (SSSR count). The van der Waals surface area contributed by atoms with Crippen molar-refractivity contribution >= 4 is 8.07 Å². The normalized spacial score (nSPS) is 10.4. The SMILES string of the molecule is C=CC(=C)[Si](C)(C)C(=C)C=C. The number of allylic oxidation sites excluding steroid dienone is 4. The van der Waals surface area contributed by atoms with E-state index in [9.17, 15) is 0 Å². The molecule has 0 radical (unpaired) electrons. The summed E-state index contributed by atoms with van der Waals surface area (Å²) in [6, 6.07) is 0. The third kappa shape index (κ3) is 2.05. The number of hydrogen-bond donors (Lipinski definition) is 0. The quantitative estimate of drug-likeness (QED) is 0.442. The summed E-state index contributed by atoms with van der Waals surface area (Å²) in [4.78, 5) is 0. The molecule has 0 spiro atoms. The fourth-order valence-corrected chi connectivity index (χ4v) is 2.15. The maximum Gasteiger partial charge on any atom is 0.110 e. The zero-order chi connectivity index (χ0) is 9.07. The minimum Gasteiger partial charge on any atom is -0.0994 e. The molecule has 0 atom stereocenters. The van der Waals surface area contributed by atoms with Crippen molar-refractivity contribution in [2.45, 2.75) is 13.1 Å². The lowest BCUT2D eigenvalue weighted by Gasteiger charge is -2.23. The van der Waals surface area contributed by atoms with Gasteiger partial charge in [0, 0.05) is 0 Å². The van der Waals surface area contributed by atoms with Crippen LogP contribution in [0.15, 0.2) is 48.9 Å². The van der Waals surface area contributed by atoms with Crippen molar-refractivity contribution < 1.29 is 0 Å². The summed E-state index contributed by atoms with van der Waals surface area (Å²) >= 11 is 0. The lowest BCUT2D eigenvalue weighted by molar-refractivity contribution is 1.67.